The van der Waals surface area contributed by atoms with E-state index in [0.717, 1.165) is 19.4 Å². The minimum absolute atomic E-state index is 0.227. The number of aromatic nitrogens is 2. The number of likely N-dealkylation sites (tertiary alicyclic amines) is 1. The van der Waals surface area contributed by atoms with Crippen molar-refractivity contribution < 1.29 is 14.4 Å². The summed E-state index contributed by atoms with van der Waals surface area (Å²) in [5.41, 5.74) is 0. The molecule has 1 unspecified atom stereocenters. The molecule has 0 spiro atoms. The van der Waals surface area contributed by atoms with Crippen LogP contribution in [0.25, 0.3) is 0 Å². The fourth-order valence-electron chi connectivity index (χ4n) is 1.91. The number of aliphatic hydroxyl groups is 1. The molecule has 1 aromatic heterocycles. The van der Waals surface area contributed by atoms with Crippen LogP contribution >= 0.6 is 0 Å². The van der Waals surface area contributed by atoms with Gasteiger partial charge in [-0.05, 0) is 19.4 Å². The molecule has 0 bridgehead atoms. The highest BCUT2D eigenvalue weighted by molar-refractivity contribution is 4.85. The first-order valence-corrected chi connectivity index (χ1v) is 5.48. The van der Waals surface area contributed by atoms with Crippen LogP contribution in [-0.4, -0.2) is 46.5 Å². The van der Waals surface area contributed by atoms with Gasteiger partial charge < -0.3 is 14.4 Å². The van der Waals surface area contributed by atoms with E-state index in [1.807, 2.05) is 0 Å². The van der Waals surface area contributed by atoms with E-state index in [1.165, 1.54) is 0 Å². The first kappa shape index (κ1) is 11.5. The summed E-state index contributed by atoms with van der Waals surface area (Å²) in [6.07, 6.45) is 1.67. The van der Waals surface area contributed by atoms with Crippen LogP contribution < -0.4 is 0 Å². The van der Waals surface area contributed by atoms with Crippen molar-refractivity contribution >= 4 is 0 Å². The van der Waals surface area contributed by atoms with Gasteiger partial charge in [0.1, 0.15) is 6.61 Å². The van der Waals surface area contributed by atoms with Crippen LogP contribution in [0.1, 0.15) is 24.6 Å². The highest BCUT2D eigenvalue weighted by atomic mass is 16.5. The van der Waals surface area contributed by atoms with Crippen molar-refractivity contribution in [3.05, 3.63) is 11.7 Å². The predicted octanol–water partition coefficient (Wildman–Crippen LogP) is 0.173. The summed E-state index contributed by atoms with van der Waals surface area (Å²) in [5, 5.41) is 13.3. The Morgan fingerprint density at radius 2 is 2.50 bits per heavy atom. The standard InChI is InChI=1S/C10H17N3O3/c1-15-7-9-11-10(16-12-9)6-13-4-2-3-8(14)5-13/h8,14H,2-7H2,1H3. The first-order valence-electron chi connectivity index (χ1n) is 5.48. The molecule has 1 fully saturated rings. The lowest BCUT2D eigenvalue weighted by Crippen LogP contribution is -2.37. The lowest BCUT2D eigenvalue weighted by atomic mass is 10.1. The van der Waals surface area contributed by atoms with Gasteiger partial charge in [-0.25, -0.2) is 0 Å². The maximum Gasteiger partial charge on any atom is 0.240 e. The van der Waals surface area contributed by atoms with Crippen molar-refractivity contribution in [3.8, 4) is 0 Å². The number of hydrogen-bond donors (Lipinski definition) is 1. The molecule has 6 heteroatoms. The second kappa shape index (κ2) is 5.38. The van der Waals surface area contributed by atoms with Crippen molar-refractivity contribution in [2.45, 2.75) is 32.1 Å². The average Bonchev–Trinajstić information content (AvgIpc) is 2.66. The van der Waals surface area contributed by atoms with Crippen LogP contribution in [0.2, 0.25) is 0 Å². The topological polar surface area (TPSA) is 71.6 Å². The van der Waals surface area contributed by atoms with E-state index >= 15 is 0 Å². The van der Waals surface area contributed by atoms with E-state index in [4.69, 9.17) is 9.26 Å². The third-order valence-corrected chi connectivity index (χ3v) is 2.62. The maximum absolute atomic E-state index is 9.52. The van der Waals surface area contributed by atoms with E-state index in [2.05, 4.69) is 15.0 Å². The van der Waals surface area contributed by atoms with Crippen molar-refractivity contribution in [2.75, 3.05) is 20.2 Å². The van der Waals surface area contributed by atoms with Gasteiger partial charge in [-0.3, -0.25) is 4.90 Å². The molecule has 6 nitrogen and oxygen atoms in total. The van der Waals surface area contributed by atoms with Gasteiger partial charge >= 0.3 is 0 Å². The summed E-state index contributed by atoms with van der Waals surface area (Å²) >= 11 is 0. The molecule has 2 rings (SSSR count). The second-order valence-corrected chi connectivity index (χ2v) is 4.07. The lowest BCUT2D eigenvalue weighted by molar-refractivity contribution is 0.0613. The Hall–Kier alpha value is -0.980. The van der Waals surface area contributed by atoms with Gasteiger partial charge in [-0.2, -0.15) is 4.98 Å². The zero-order valence-electron chi connectivity index (χ0n) is 9.43. The summed E-state index contributed by atoms with van der Waals surface area (Å²) in [6, 6.07) is 0. The van der Waals surface area contributed by atoms with E-state index < -0.39 is 0 Å². The molecular formula is C10H17N3O3. The van der Waals surface area contributed by atoms with E-state index in [0.29, 0.717) is 31.4 Å². The Morgan fingerprint density at radius 1 is 1.62 bits per heavy atom. The average molecular weight is 227 g/mol. The Morgan fingerprint density at radius 3 is 3.25 bits per heavy atom. The number of hydrogen-bond acceptors (Lipinski definition) is 6. The van der Waals surface area contributed by atoms with Gasteiger partial charge in [0, 0.05) is 13.7 Å². The smallest absolute Gasteiger partial charge is 0.240 e. The molecule has 1 atom stereocenters. The molecule has 1 aromatic rings. The van der Waals surface area contributed by atoms with Crippen LogP contribution in [0.3, 0.4) is 0 Å². The Balaban J connectivity index is 1.87. The van der Waals surface area contributed by atoms with Gasteiger partial charge in [0.25, 0.3) is 0 Å². The minimum atomic E-state index is -0.227. The minimum Gasteiger partial charge on any atom is -0.392 e. The first-order chi connectivity index (χ1) is 7.78. The van der Waals surface area contributed by atoms with Gasteiger partial charge in [0.05, 0.1) is 12.6 Å². The van der Waals surface area contributed by atoms with Gasteiger partial charge in [0.2, 0.25) is 5.89 Å². The number of rotatable bonds is 4. The Kier molecular flexibility index (Phi) is 3.87. The largest absolute Gasteiger partial charge is 0.392 e. The zero-order valence-corrected chi connectivity index (χ0v) is 9.43. The number of nitrogens with zero attached hydrogens (tertiary/aromatic N) is 3. The fraction of sp³-hybridized carbons (Fsp3) is 0.800. The SMILES string of the molecule is COCc1noc(CN2CCCC(O)C2)n1. The Bertz CT molecular complexity index is 329. The van der Waals surface area contributed by atoms with Crippen molar-refractivity contribution in [1.29, 1.82) is 0 Å². The van der Waals surface area contributed by atoms with E-state index in [9.17, 15) is 5.11 Å². The maximum atomic E-state index is 9.52. The normalized spacial score (nSPS) is 22.5. The van der Waals surface area contributed by atoms with Gasteiger partial charge in [-0.15, -0.1) is 0 Å². The molecule has 1 N–H and O–H groups in total. The molecular weight excluding hydrogens is 210 g/mol. The van der Waals surface area contributed by atoms with Crippen LogP contribution in [-0.2, 0) is 17.9 Å². The van der Waals surface area contributed by atoms with Gasteiger partial charge in [0.15, 0.2) is 5.82 Å². The zero-order chi connectivity index (χ0) is 11.4. The molecule has 2 heterocycles. The quantitative estimate of drug-likeness (QED) is 0.790. The molecule has 1 aliphatic heterocycles. The molecule has 0 aliphatic carbocycles. The lowest BCUT2D eigenvalue weighted by Gasteiger charge is -2.28. The molecule has 90 valence electrons. The number of β-amino-alcohol motifs (C(OH)–C–C–N with tert-alkyl or cyclic N) is 1. The highest BCUT2D eigenvalue weighted by Gasteiger charge is 2.19. The monoisotopic (exact) mass is 227 g/mol. The van der Waals surface area contributed by atoms with Crippen LogP contribution in [0.15, 0.2) is 4.52 Å². The van der Waals surface area contributed by atoms with Crippen LogP contribution in [0.4, 0.5) is 0 Å². The predicted molar refractivity (Wildman–Crippen MR) is 55.5 cm³/mol. The highest BCUT2D eigenvalue weighted by Crippen LogP contribution is 2.12. The van der Waals surface area contributed by atoms with Crippen molar-refractivity contribution in [2.24, 2.45) is 0 Å². The molecule has 0 saturated carbocycles. The third-order valence-electron chi connectivity index (χ3n) is 2.62. The second-order valence-electron chi connectivity index (χ2n) is 4.07. The summed E-state index contributed by atoms with van der Waals surface area (Å²) in [6.45, 7) is 2.63. The van der Waals surface area contributed by atoms with E-state index in [1.54, 1.807) is 7.11 Å². The van der Waals surface area contributed by atoms with Crippen molar-refractivity contribution in [3.63, 3.8) is 0 Å². The molecule has 16 heavy (non-hydrogen) atoms. The summed E-state index contributed by atoms with van der Waals surface area (Å²) in [4.78, 5) is 6.32. The number of aliphatic hydroxyl groups excluding tert-OH is 1. The molecule has 0 radical (unpaired) electrons. The number of methoxy groups -OCH3 is 1. The summed E-state index contributed by atoms with van der Waals surface area (Å²) in [7, 11) is 1.59. The van der Waals surface area contributed by atoms with E-state index in [-0.39, 0.29) is 6.10 Å². The fourth-order valence-corrected chi connectivity index (χ4v) is 1.91. The van der Waals surface area contributed by atoms with Crippen LogP contribution in [0.5, 0.6) is 0 Å². The van der Waals surface area contributed by atoms with Gasteiger partial charge in [-0.1, -0.05) is 5.16 Å². The van der Waals surface area contributed by atoms with Crippen molar-refractivity contribution in [1.82, 2.24) is 15.0 Å². The molecule has 1 saturated heterocycles. The third kappa shape index (κ3) is 3.01. The molecule has 0 aromatic carbocycles. The number of ether oxygens (including phenoxy) is 1. The summed E-state index contributed by atoms with van der Waals surface area (Å²) < 4.78 is 10.0. The number of piperidine rings is 1. The Labute approximate surface area is 94.2 Å². The molecule has 1 aliphatic rings. The van der Waals surface area contributed by atoms with Crippen LogP contribution in [0, 0.1) is 0 Å². The summed E-state index contributed by atoms with van der Waals surface area (Å²) in [5.74, 6) is 1.15. The molecule has 0 amide bonds.